The monoisotopic (exact) mass is 300 g/mol. The molecule has 1 amide bonds. The van der Waals surface area contributed by atoms with E-state index in [4.69, 9.17) is 0 Å². The van der Waals surface area contributed by atoms with Crippen molar-refractivity contribution in [2.45, 2.75) is 6.04 Å². The maximum Gasteiger partial charge on any atom is 0.275 e. The first kappa shape index (κ1) is 15.1. The number of nitrogens with one attached hydrogen (secondary N) is 2. The topological polar surface area (TPSA) is 87.5 Å². The summed E-state index contributed by atoms with van der Waals surface area (Å²) >= 11 is 0. The minimum atomic E-state index is -1.06. The van der Waals surface area contributed by atoms with E-state index in [1.807, 2.05) is 0 Å². The Morgan fingerprint density at radius 1 is 1.48 bits per heavy atom. The number of non-ortho nitro benzene ring substituents is 1. The summed E-state index contributed by atoms with van der Waals surface area (Å²) in [5.41, 5.74) is -1.09. The summed E-state index contributed by atoms with van der Waals surface area (Å²) in [5, 5.41) is 16.0. The van der Waals surface area contributed by atoms with E-state index in [2.05, 4.69) is 10.6 Å². The Bertz CT molecular complexity index is 559. The summed E-state index contributed by atoms with van der Waals surface area (Å²) in [6.07, 6.45) is 0. The van der Waals surface area contributed by atoms with Crippen molar-refractivity contribution in [1.82, 2.24) is 10.6 Å². The number of likely N-dealkylation sites (N-methyl/N-ethyl adjacent to an activating group) is 1. The van der Waals surface area contributed by atoms with Gasteiger partial charge in [0.05, 0.1) is 17.1 Å². The first-order valence-corrected chi connectivity index (χ1v) is 6.28. The molecular formula is C12H14F2N4O3. The van der Waals surface area contributed by atoms with Crippen LogP contribution in [0.4, 0.5) is 20.2 Å². The average Bonchev–Trinajstić information content (AvgIpc) is 2.46. The molecule has 1 saturated heterocycles. The molecule has 0 saturated carbocycles. The number of halogens is 2. The highest BCUT2D eigenvalue weighted by molar-refractivity contribution is 5.85. The predicted octanol–water partition coefficient (Wildman–Crippen LogP) is 0.397. The number of hydrogen-bond donors (Lipinski definition) is 2. The lowest BCUT2D eigenvalue weighted by Crippen LogP contribution is -2.58. The maximum atomic E-state index is 14.1. The summed E-state index contributed by atoms with van der Waals surface area (Å²) in [5.74, 6) is -2.51. The lowest BCUT2D eigenvalue weighted by molar-refractivity contribution is -0.385. The second-order valence-electron chi connectivity index (χ2n) is 4.54. The van der Waals surface area contributed by atoms with Gasteiger partial charge in [0.15, 0.2) is 11.6 Å². The number of nitro groups is 1. The van der Waals surface area contributed by atoms with Gasteiger partial charge in [-0.15, -0.1) is 0 Å². The largest absolute Gasteiger partial charge is 0.357 e. The number of benzene rings is 1. The highest BCUT2D eigenvalue weighted by atomic mass is 19.1. The molecule has 9 heteroatoms. The zero-order chi connectivity index (χ0) is 15.6. The Morgan fingerprint density at radius 3 is 2.62 bits per heavy atom. The van der Waals surface area contributed by atoms with E-state index in [0.29, 0.717) is 18.7 Å². The quantitative estimate of drug-likeness (QED) is 0.623. The Labute approximate surface area is 119 Å². The number of amides is 1. The van der Waals surface area contributed by atoms with Gasteiger partial charge in [-0.2, -0.15) is 0 Å². The molecule has 114 valence electrons. The van der Waals surface area contributed by atoms with Crippen LogP contribution >= 0.6 is 0 Å². The van der Waals surface area contributed by atoms with Crippen LogP contribution in [0.15, 0.2) is 12.1 Å². The molecule has 0 radical (unpaired) electrons. The van der Waals surface area contributed by atoms with Crippen LogP contribution in [0.25, 0.3) is 0 Å². The summed E-state index contributed by atoms with van der Waals surface area (Å²) in [4.78, 5) is 22.8. The summed E-state index contributed by atoms with van der Waals surface area (Å²) in [6.45, 7) is 0.892. The molecule has 1 aromatic rings. The summed E-state index contributed by atoms with van der Waals surface area (Å²) < 4.78 is 28.1. The van der Waals surface area contributed by atoms with Crippen molar-refractivity contribution in [2.24, 2.45) is 0 Å². The molecule has 0 aliphatic carbocycles. The van der Waals surface area contributed by atoms with Gasteiger partial charge >= 0.3 is 0 Å². The van der Waals surface area contributed by atoms with Crippen LogP contribution in [0.5, 0.6) is 0 Å². The summed E-state index contributed by atoms with van der Waals surface area (Å²) in [7, 11) is 1.43. The van der Waals surface area contributed by atoms with E-state index >= 15 is 0 Å². The van der Waals surface area contributed by atoms with Crippen LogP contribution in [-0.4, -0.2) is 43.6 Å². The van der Waals surface area contributed by atoms with Gasteiger partial charge < -0.3 is 15.5 Å². The Balaban J connectivity index is 2.43. The molecular weight excluding hydrogens is 286 g/mol. The molecule has 1 aromatic carbocycles. The maximum absolute atomic E-state index is 14.1. The molecule has 2 rings (SSSR count). The van der Waals surface area contributed by atoms with E-state index in [1.165, 1.54) is 11.9 Å². The molecule has 0 bridgehead atoms. The molecule has 2 N–H and O–H groups in total. The predicted molar refractivity (Wildman–Crippen MR) is 71.1 cm³/mol. The fourth-order valence-corrected chi connectivity index (χ4v) is 2.30. The number of carbonyl (C=O) groups excluding carboxylic acids is 1. The van der Waals surface area contributed by atoms with E-state index in [0.717, 1.165) is 0 Å². The number of piperazine rings is 1. The zero-order valence-electron chi connectivity index (χ0n) is 11.2. The second kappa shape index (κ2) is 6.00. The fourth-order valence-electron chi connectivity index (χ4n) is 2.30. The number of hydrogen-bond acceptors (Lipinski definition) is 5. The number of carbonyl (C=O) groups is 1. The van der Waals surface area contributed by atoms with Crippen LogP contribution in [0.1, 0.15) is 0 Å². The van der Waals surface area contributed by atoms with E-state index in [9.17, 15) is 23.7 Å². The fraction of sp³-hybridized carbons (Fsp3) is 0.417. The average molecular weight is 300 g/mol. The highest BCUT2D eigenvalue weighted by Crippen LogP contribution is 2.30. The van der Waals surface area contributed by atoms with Crippen molar-refractivity contribution in [3.05, 3.63) is 33.9 Å². The van der Waals surface area contributed by atoms with Crippen LogP contribution in [0, 0.1) is 21.7 Å². The molecule has 1 unspecified atom stereocenters. The molecule has 0 aromatic heterocycles. The van der Waals surface area contributed by atoms with Crippen LogP contribution in [-0.2, 0) is 4.79 Å². The Kier molecular flexibility index (Phi) is 4.32. The first-order valence-electron chi connectivity index (χ1n) is 6.28. The van der Waals surface area contributed by atoms with Crippen molar-refractivity contribution < 1.29 is 18.5 Å². The minimum Gasteiger partial charge on any atom is -0.357 e. The van der Waals surface area contributed by atoms with Gasteiger partial charge in [0.25, 0.3) is 5.69 Å². The van der Waals surface area contributed by atoms with Crippen molar-refractivity contribution in [3.63, 3.8) is 0 Å². The van der Waals surface area contributed by atoms with Crippen molar-refractivity contribution in [1.29, 1.82) is 0 Å². The van der Waals surface area contributed by atoms with E-state index in [1.54, 1.807) is 0 Å². The number of nitrogens with zero attached hydrogens (tertiary/aromatic N) is 2. The zero-order valence-corrected chi connectivity index (χ0v) is 11.2. The number of nitro benzene ring substituents is 1. The van der Waals surface area contributed by atoms with Gasteiger partial charge in [-0.1, -0.05) is 0 Å². The molecule has 21 heavy (non-hydrogen) atoms. The SMILES string of the molecule is CNC(=O)C1CNCCN1c1c(F)cc([N+](=O)[O-])cc1F. The van der Waals surface area contributed by atoms with Crippen LogP contribution < -0.4 is 15.5 Å². The van der Waals surface area contributed by atoms with Crippen molar-refractivity contribution in [3.8, 4) is 0 Å². The van der Waals surface area contributed by atoms with Crippen molar-refractivity contribution in [2.75, 3.05) is 31.6 Å². The number of anilines is 1. The lowest BCUT2D eigenvalue weighted by atomic mass is 10.1. The van der Waals surface area contributed by atoms with Gasteiger partial charge in [-0.3, -0.25) is 14.9 Å². The van der Waals surface area contributed by atoms with Crippen molar-refractivity contribution >= 4 is 17.3 Å². The van der Waals surface area contributed by atoms with Gasteiger partial charge in [0.2, 0.25) is 5.91 Å². The normalized spacial score (nSPS) is 18.4. The smallest absolute Gasteiger partial charge is 0.275 e. The van der Waals surface area contributed by atoms with Crippen LogP contribution in [0.3, 0.4) is 0 Å². The van der Waals surface area contributed by atoms with Gasteiger partial charge in [-0.25, -0.2) is 8.78 Å². The van der Waals surface area contributed by atoms with Gasteiger partial charge in [0.1, 0.15) is 11.7 Å². The van der Waals surface area contributed by atoms with Gasteiger partial charge in [0, 0.05) is 26.7 Å². The Hall–Kier alpha value is -2.29. The van der Waals surface area contributed by atoms with E-state index < -0.39 is 34.0 Å². The van der Waals surface area contributed by atoms with Gasteiger partial charge in [-0.05, 0) is 0 Å². The molecule has 7 nitrogen and oxygen atoms in total. The summed E-state index contributed by atoms with van der Waals surface area (Å²) in [6, 6.07) is 0.525. The molecule has 1 aliphatic rings. The Morgan fingerprint density at radius 2 is 2.10 bits per heavy atom. The third kappa shape index (κ3) is 2.92. The molecule has 1 aliphatic heterocycles. The lowest BCUT2D eigenvalue weighted by Gasteiger charge is -2.36. The molecule has 1 fully saturated rings. The third-order valence-electron chi connectivity index (χ3n) is 3.29. The second-order valence-corrected chi connectivity index (χ2v) is 4.54. The van der Waals surface area contributed by atoms with Crippen LogP contribution in [0.2, 0.25) is 0 Å². The minimum absolute atomic E-state index is 0.212. The number of rotatable bonds is 3. The third-order valence-corrected chi connectivity index (χ3v) is 3.29. The molecule has 1 atom stereocenters. The standard InChI is InChI=1S/C12H14F2N4O3/c1-15-12(19)10-6-16-2-3-17(10)11-8(13)4-7(18(20)21)5-9(11)14/h4-5,10,16H,2-3,6H2,1H3,(H,15,19). The van der Waals surface area contributed by atoms with E-state index in [-0.39, 0.29) is 19.0 Å². The molecule has 0 spiro atoms. The molecule has 1 heterocycles. The first-order chi connectivity index (χ1) is 9.95. The highest BCUT2D eigenvalue weighted by Gasteiger charge is 2.32.